The van der Waals surface area contributed by atoms with Gasteiger partial charge in [-0.3, -0.25) is 4.98 Å². The lowest BCUT2D eigenvalue weighted by molar-refractivity contribution is -0.0568. The van der Waals surface area contributed by atoms with Crippen LogP contribution in [0.4, 0.5) is 0 Å². The summed E-state index contributed by atoms with van der Waals surface area (Å²) in [6.07, 6.45) is 4.08. The molecule has 37 heavy (non-hydrogen) atoms. The van der Waals surface area contributed by atoms with Gasteiger partial charge in [-0.05, 0) is 47.7 Å². The Balaban J connectivity index is 1.47. The van der Waals surface area contributed by atoms with E-state index in [1.54, 1.807) is 32.5 Å². The van der Waals surface area contributed by atoms with Gasteiger partial charge in [0.05, 0.1) is 25.5 Å². The lowest BCUT2D eigenvalue weighted by Crippen LogP contribution is -2.46. The molecular formula is C31H32N2O4. The summed E-state index contributed by atoms with van der Waals surface area (Å²) in [6, 6.07) is 25.5. The Labute approximate surface area is 217 Å². The molecule has 2 heterocycles. The fraction of sp³-hybridized carbons (Fsp3) is 0.290. The number of aromatic nitrogens is 1. The molecule has 190 valence electrons. The van der Waals surface area contributed by atoms with Crippen molar-refractivity contribution < 1.29 is 19.0 Å². The standard InChI is InChI=1S/C31H32N2O4/c1-35-27-21-25-13-17-32-29(26(25)22-28(27)36-2)31(37-30(34)24-11-7-4-8-12-24)15-19-33(20-16-31)18-14-23-9-5-3-6-10-23/h3-13,17,21-22H,14-16,18-20H2,1-2H3. The highest BCUT2D eigenvalue weighted by atomic mass is 16.6. The SMILES string of the molecule is COc1cc2ccnc(C3(OC(=O)c4ccccc4)CCN(CCc4ccccc4)CC3)c2cc1OC. The van der Waals surface area contributed by atoms with Gasteiger partial charge in [0.2, 0.25) is 0 Å². The second kappa shape index (κ2) is 11.0. The second-order valence-electron chi connectivity index (χ2n) is 9.41. The van der Waals surface area contributed by atoms with E-state index in [1.807, 2.05) is 42.5 Å². The average molecular weight is 497 g/mol. The van der Waals surface area contributed by atoms with Crippen molar-refractivity contribution in [1.29, 1.82) is 0 Å². The lowest BCUT2D eigenvalue weighted by Gasteiger charge is -2.41. The van der Waals surface area contributed by atoms with Crippen molar-refractivity contribution in [2.75, 3.05) is 33.9 Å². The van der Waals surface area contributed by atoms with Gasteiger partial charge in [0, 0.05) is 44.1 Å². The number of fused-ring (bicyclic) bond motifs is 1. The molecule has 1 fully saturated rings. The maximum absolute atomic E-state index is 13.3. The molecular weight excluding hydrogens is 464 g/mol. The maximum Gasteiger partial charge on any atom is 0.339 e. The quantitative estimate of drug-likeness (QED) is 0.294. The maximum atomic E-state index is 13.3. The van der Waals surface area contributed by atoms with Crippen molar-refractivity contribution in [2.45, 2.75) is 24.9 Å². The number of nitrogens with zero attached hydrogens (tertiary/aromatic N) is 2. The van der Waals surface area contributed by atoms with Crippen LogP contribution in [0, 0.1) is 0 Å². The molecule has 0 N–H and O–H groups in total. The zero-order valence-corrected chi connectivity index (χ0v) is 21.4. The molecule has 1 aliphatic heterocycles. The monoisotopic (exact) mass is 496 g/mol. The molecule has 4 aromatic rings. The topological polar surface area (TPSA) is 60.9 Å². The summed E-state index contributed by atoms with van der Waals surface area (Å²) in [4.78, 5) is 20.6. The molecule has 1 aromatic heterocycles. The van der Waals surface area contributed by atoms with Gasteiger partial charge in [0.15, 0.2) is 17.1 Å². The molecule has 5 rings (SSSR count). The van der Waals surface area contributed by atoms with Crippen molar-refractivity contribution in [3.63, 3.8) is 0 Å². The Bertz CT molecular complexity index is 1350. The normalized spacial score (nSPS) is 15.3. The number of carbonyl (C=O) groups excluding carboxylic acids is 1. The van der Waals surface area contributed by atoms with Crippen LogP contribution in [0.25, 0.3) is 10.8 Å². The zero-order valence-electron chi connectivity index (χ0n) is 21.4. The number of methoxy groups -OCH3 is 2. The fourth-order valence-electron chi connectivity index (χ4n) is 5.13. The predicted octanol–water partition coefficient (Wildman–Crippen LogP) is 5.64. The second-order valence-corrected chi connectivity index (χ2v) is 9.41. The molecule has 0 spiro atoms. The van der Waals surface area contributed by atoms with Gasteiger partial charge in [-0.2, -0.15) is 0 Å². The van der Waals surface area contributed by atoms with Gasteiger partial charge >= 0.3 is 5.97 Å². The van der Waals surface area contributed by atoms with E-state index < -0.39 is 5.60 Å². The van der Waals surface area contributed by atoms with Crippen LogP contribution < -0.4 is 9.47 Å². The van der Waals surface area contributed by atoms with Crippen LogP contribution >= 0.6 is 0 Å². The van der Waals surface area contributed by atoms with Gasteiger partial charge in [0.1, 0.15) is 0 Å². The number of esters is 1. The van der Waals surface area contributed by atoms with Crippen molar-refractivity contribution in [3.8, 4) is 11.5 Å². The first kappa shape index (κ1) is 24.8. The summed E-state index contributed by atoms with van der Waals surface area (Å²) in [6.45, 7) is 2.57. The lowest BCUT2D eigenvalue weighted by atomic mass is 9.84. The molecule has 0 bridgehead atoms. The smallest absolute Gasteiger partial charge is 0.339 e. The highest BCUT2D eigenvalue weighted by Crippen LogP contribution is 2.42. The minimum atomic E-state index is -0.852. The summed E-state index contributed by atoms with van der Waals surface area (Å²) in [5.74, 6) is 0.935. The third-order valence-corrected chi connectivity index (χ3v) is 7.22. The first-order valence-electron chi connectivity index (χ1n) is 12.7. The minimum Gasteiger partial charge on any atom is -0.493 e. The fourth-order valence-corrected chi connectivity index (χ4v) is 5.13. The Kier molecular flexibility index (Phi) is 7.37. The number of piperidine rings is 1. The number of ether oxygens (including phenoxy) is 3. The van der Waals surface area contributed by atoms with E-state index in [9.17, 15) is 4.79 Å². The van der Waals surface area contributed by atoms with Crippen LogP contribution in [0.1, 0.15) is 34.5 Å². The molecule has 0 aliphatic carbocycles. The Hall–Kier alpha value is -3.90. The van der Waals surface area contributed by atoms with Crippen molar-refractivity contribution in [2.24, 2.45) is 0 Å². The van der Waals surface area contributed by atoms with E-state index in [0.29, 0.717) is 29.9 Å². The number of benzene rings is 3. The number of pyridine rings is 1. The van der Waals surface area contributed by atoms with Crippen LogP contribution in [-0.2, 0) is 16.8 Å². The van der Waals surface area contributed by atoms with Crippen LogP contribution in [-0.4, -0.2) is 49.7 Å². The summed E-state index contributed by atoms with van der Waals surface area (Å²) in [7, 11) is 3.25. The summed E-state index contributed by atoms with van der Waals surface area (Å²) in [5, 5.41) is 1.86. The van der Waals surface area contributed by atoms with Gasteiger partial charge < -0.3 is 19.1 Å². The third-order valence-electron chi connectivity index (χ3n) is 7.22. The van der Waals surface area contributed by atoms with Crippen LogP contribution in [0.5, 0.6) is 11.5 Å². The Morgan fingerprint density at radius 2 is 1.54 bits per heavy atom. The van der Waals surface area contributed by atoms with E-state index in [0.717, 1.165) is 42.5 Å². The van der Waals surface area contributed by atoms with Crippen LogP contribution in [0.3, 0.4) is 0 Å². The highest BCUT2D eigenvalue weighted by molar-refractivity contribution is 5.91. The van der Waals surface area contributed by atoms with E-state index >= 15 is 0 Å². The molecule has 3 aromatic carbocycles. The largest absolute Gasteiger partial charge is 0.493 e. The van der Waals surface area contributed by atoms with E-state index in [4.69, 9.17) is 19.2 Å². The minimum absolute atomic E-state index is 0.336. The molecule has 6 nitrogen and oxygen atoms in total. The summed E-state index contributed by atoms with van der Waals surface area (Å²) in [5.41, 5.74) is 1.77. The molecule has 6 heteroatoms. The van der Waals surface area contributed by atoms with E-state index in [-0.39, 0.29) is 5.97 Å². The van der Waals surface area contributed by atoms with Crippen molar-refractivity contribution in [1.82, 2.24) is 9.88 Å². The number of rotatable bonds is 8. The predicted molar refractivity (Wildman–Crippen MR) is 144 cm³/mol. The van der Waals surface area contributed by atoms with Crippen LogP contribution in [0.2, 0.25) is 0 Å². The molecule has 0 atom stereocenters. The molecule has 0 radical (unpaired) electrons. The molecule has 0 amide bonds. The van der Waals surface area contributed by atoms with Crippen LogP contribution in [0.15, 0.2) is 85.1 Å². The molecule has 1 aliphatic rings. The highest BCUT2D eigenvalue weighted by Gasteiger charge is 2.42. The molecule has 1 saturated heterocycles. The Morgan fingerprint density at radius 3 is 2.22 bits per heavy atom. The first-order valence-corrected chi connectivity index (χ1v) is 12.7. The van der Waals surface area contributed by atoms with Crippen molar-refractivity contribution in [3.05, 3.63) is 102 Å². The summed E-state index contributed by atoms with van der Waals surface area (Å²) < 4.78 is 17.5. The van der Waals surface area contributed by atoms with E-state index in [2.05, 4.69) is 29.2 Å². The van der Waals surface area contributed by atoms with Gasteiger partial charge in [-0.25, -0.2) is 4.79 Å². The first-order chi connectivity index (χ1) is 18.1. The third kappa shape index (κ3) is 5.30. The van der Waals surface area contributed by atoms with Gasteiger partial charge in [-0.1, -0.05) is 48.5 Å². The number of hydrogen-bond donors (Lipinski definition) is 0. The van der Waals surface area contributed by atoms with E-state index in [1.165, 1.54) is 5.56 Å². The van der Waals surface area contributed by atoms with Gasteiger partial charge in [-0.15, -0.1) is 0 Å². The number of likely N-dealkylation sites (tertiary alicyclic amines) is 1. The molecule has 0 saturated carbocycles. The van der Waals surface area contributed by atoms with Gasteiger partial charge in [0.25, 0.3) is 0 Å². The Morgan fingerprint density at radius 1 is 0.892 bits per heavy atom. The van der Waals surface area contributed by atoms with Crippen molar-refractivity contribution >= 4 is 16.7 Å². The number of carbonyl (C=O) groups is 1. The summed E-state index contributed by atoms with van der Waals surface area (Å²) >= 11 is 0. The number of hydrogen-bond acceptors (Lipinski definition) is 6. The molecule has 0 unspecified atom stereocenters. The average Bonchev–Trinajstić information content (AvgIpc) is 2.96. The zero-order chi connectivity index (χ0) is 25.7.